The smallest absolute Gasteiger partial charge is 0 e. The Kier molecular flexibility index (Phi) is 226. The van der Waals surface area contributed by atoms with E-state index in [-0.39, 0.29) is 101 Å². The second-order valence-electron chi connectivity index (χ2n) is 0. The molecule has 5 heteroatoms. The van der Waals surface area contributed by atoms with E-state index in [1.54, 1.807) is 0 Å². The molecule has 0 heterocycles. The van der Waals surface area contributed by atoms with Gasteiger partial charge in [0.05, 0.1) is 0 Å². The Balaban J connectivity index is 0. The molecule has 0 aliphatic heterocycles. The van der Waals surface area contributed by atoms with Gasteiger partial charge >= 0.3 is 0 Å². The van der Waals surface area contributed by atoms with Crippen molar-refractivity contribution in [3.8, 4) is 0 Å². The van der Waals surface area contributed by atoms with Crippen molar-refractivity contribution in [2.24, 2.45) is 0 Å². The van der Waals surface area contributed by atoms with Gasteiger partial charge in [-0.3, -0.25) is 0 Å². The molecule has 0 spiro atoms. The molecule has 0 saturated carbocycles. The molecule has 0 saturated heterocycles. The third-order valence-electron chi connectivity index (χ3n) is 0. The van der Waals surface area contributed by atoms with E-state index in [1.807, 2.05) is 0 Å². The van der Waals surface area contributed by atoms with Crippen LogP contribution in [0.3, 0.4) is 0 Å². The van der Waals surface area contributed by atoms with Crippen LogP contribution < -0.4 is 0 Å². The summed E-state index contributed by atoms with van der Waals surface area (Å²) in [6, 6.07) is 0. The van der Waals surface area contributed by atoms with E-state index in [0.29, 0.717) is 0 Å². The van der Waals surface area contributed by atoms with Crippen molar-refractivity contribution >= 4 is 17.4 Å². The van der Waals surface area contributed by atoms with Gasteiger partial charge in [-0.05, 0) is 0 Å². The van der Waals surface area contributed by atoms with Gasteiger partial charge in [0.25, 0.3) is 0 Å². The van der Waals surface area contributed by atoms with Gasteiger partial charge in [0.1, 0.15) is 0 Å². The minimum Gasteiger partial charge on any atom is 0 e. The third-order valence-corrected chi connectivity index (χ3v) is 0. The third kappa shape index (κ3) is 19.0. The summed E-state index contributed by atoms with van der Waals surface area (Å²) in [6.07, 6.45) is 0. The minimum atomic E-state index is 0. The first-order valence-corrected chi connectivity index (χ1v) is 0. The van der Waals surface area contributed by atoms with Crippen molar-refractivity contribution < 1.29 is 83.6 Å². The largest absolute Gasteiger partial charge is 0 e. The summed E-state index contributed by atoms with van der Waals surface area (Å²) < 4.78 is 0. The van der Waals surface area contributed by atoms with Crippen LogP contribution in [0.4, 0.5) is 0 Å². The van der Waals surface area contributed by atoms with E-state index in [1.165, 1.54) is 0 Å². The zero-order valence-corrected chi connectivity index (χ0v) is 9.59. The van der Waals surface area contributed by atoms with E-state index >= 15 is 0 Å². The van der Waals surface area contributed by atoms with Gasteiger partial charge in [0.15, 0.2) is 0 Å². The Morgan fingerprint density at radius 1 is 1.00 bits per heavy atom. The Bertz CT molecular complexity index is 11.6. The quantitative estimate of drug-likeness (QED) is 0.531. The molecule has 0 aliphatic rings. The first-order valence-electron chi connectivity index (χ1n) is 0. The van der Waals surface area contributed by atoms with Gasteiger partial charge in [-0.25, -0.2) is 0 Å². The molecule has 30 valence electrons. The summed E-state index contributed by atoms with van der Waals surface area (Å²) in [5, 5.41) is 0. The molecule has 0 aromatic heterocycles. The summed E-state index contributed by atoms with van der Waals surface area (Å²) >= 11 is 0. The fourth-order valence-corrected chi connectivity index (χ4v) is 0. The van der Waals surface area contributed by atoms with Crippen LogP contribution in [-0.4, -0.2) is 17.4 Å². The fraction of sp³-hybridized carbons (Fsp3) is 0. The predicted octanol–water partition coefficient (Wildman–Crippen LogP) is -0.391. The molecule has 0 aromatic rings. The summed E-state index contributed by atoms with van der Waals surface area (Å²) in [5.41, 5.74) is 0. The molecule has 0 nitrogen and oxygen atoms in total. The molecule has 0 unspecified atom stereocenters. The van der Waals surface area contributed by atoms with Crippen LogP contribution >= 0.6 is 0 Å². The first-order chi connectivity index (χ1) is 0. The maximum atomic E-state index is 0. The number of hydrogen-bond acceptors (Lipinski definition) is 0. The van der Waals surface area contributed by atoms with Crippen LogP contribution in [0.5, 0.6) is 0 Å². The molecule has 0 aromatic carbocycles. The SMILES string of the molecule is [Al].[Cr].[Fe].[Ni].[Y]. The van der Waals surface area contributed by atoms with Crippen LogP contribution in [0, 0.1) is 0 Å². The topological polar surface area (TPSA) is 0 Å². The molecular formula is AlCrFeNiY. The van der Waals surface area contributed by atoms with Gasteiger partial charge < -0.3 is 0 Å². The molecule has 0 amide bonds. The second kappa shape index (κ2) is 27.1. The molecule has 4 radical (unpaired) electrons. The van der Waals surface area contributed by atoms with Crippen molar-refractivity contribution in [3.63, 3.8) is 0 Å². The van der Waals surface area contributed by atoms with E-state index < -0.39 is 0 Å². The zero-order valence-electron chi connectivity index (χ0n) is 2.23. The Morgan fingerprint density at radius 3 is 1.00 bits per heavy atom. The molecule has 5 heavy (non-hydrogen) atoms. The maximum absolute atomic E-state index is 0. The van der Waals surface area contributed by atoms with E-state index in [0.717, 1.165) is 0 Å². The van der Waals surface area contributed by atoms with Crippen LogP contribution in [0.15, 0.2) is 0 Å². The van der Waals surface area contributed by atoms with Gasteiger partial charge in [-0.1, -0.05) is 0 Å². The van der Waals surface area contributed by atoms with Gasteiger partial charge in [0.2, 0.25) is 0 Å². The standard InChI is InChI=1S/Al.Cr.Fe.Ni.Y. The molecule has 0 fully saturated rings. The zero-order chi connectivity index (χ0) is 0. The second-order valence-corrected chi connectivity index (χ2v) is 0. The Labute approximate surface area is 99.1 Å². The molecule has 0 aliphatic carbocycles. The van der Waals surface area contributed by atoms with Crippen LogP contribution in [0.2, 0.25) is 0 Å². The molecule has 0 atom stereocenters. The van der Waals surface area contributed by atoms with Crippen molar-refractivity contribution in [1.82, 2.24) is 0 Å². The summed E-state index contributed by atoms with van der Waals surface area (Å²) in [7, 11) is 0. The normalized spacial score (nSPS) is 0. The predicted molar refractivity (Wildman–Crippen MR) is 5.75 cm³/mol. The van der Waals surface area contributed by atoms with Crippen LogP contribution in [0.25, 0.3) is 0 Å². The van der Waals surface area contributed by atoms with Crippen molar-refractivity contribution in [2.45, 2.75) is 0 Å². The monoisotopic (exact) mass is 282 g/mol. The van der Waals surface area contributed by atoms with Gasteiger partial charge in [0, 0.05) is 101 Å². The average molecular weight is 282 g/mol. The van der Waals surface area contributed by atoms with Crippen LogP contribution in [0.1, 0.15) is 0 Å². The maximum Gasteiger partial charge on any atom is 0 e. The van der Waals surface area contributed by atoms with Gasteiger partial charge in [-0.15, -0.1) is 0 Å². The van der Waals surface area contributed by atoms with E-state index in [9.17, 15) is 0 Å². The summed E-state index contributed by atoms with van der Waals surface area (Å²) in [4.78, 5) is 0. The van der Waals surface area contributed by atoms with Gasteiger partial charge in [-0.2, -0.15) is 0 Å². The van der Waals surface area contributed by atoms with Crippen LogP contribution in [-0.2, 0) is 83.6 Å². The minimum absolute atomic E-state index is 0. The fourth-order valence-electron chi connectivity index (χ4n) is 0. The molecule has 0 bridgehead atoms. The number of rotatable bonds is 0. The molecular weight excluding hydrogens is 282 g/mol. The average Bonchev–Trinajstić information content (AvgIpc) is 0. The summed E-state index contributed by atoms with van der Waals surface area (Å²) in [5.74, 6) is 0. The first kappa shape index (κ1) is 41.7. The van der Waals surface area contributed by atoms with E-state index in [2.05, 4.69) is 0 Å². The van der Waals surface area contributed by atoms with Crippen molar-refractivity contribution in [3.05, 3.63) is 0 Å². The van der Waals surface area contributed by atoms with Crippen molar-refractivity contribution in [1.29, 1.82) is 0 Å². The van der Waals surface area contributed by atoms with Crippen molar-refractivity contribution in [2.75, 3.05) is 0 Å². The molecule has 0 rings (SSSR count). The Hall–Kier alpha value is 3.18. The Morgan fingerprint density at radius 2 is 1.00 bits per heavy atom. The molecule has 0 N–H and O–H groups in total. The number of hydrogen-bond donors (Lipinski definition) is 0. The summed E-state index contributed by atoms with van der Waals surface area (Å²) in [6.45, 7) is 0. The van der Waals surface area contributed by atoms with E-state index in [4.69, 9.17) is 0 Å².